The first-order chi connectivity index (χ1) is 37.9. The Morgan fingerprint density at radius 3 is 1.77 bits per heavy atom. The zero-order valence-corrected chi connectivity index (χ0v) is 46.7. The Hall–Kier alpha value is -7.37. The number of hydrogen-bond acceptors (Lipinski definition) is 10. The Bertz CT molecular complexity index is 2870. The van der Waals surface area contributed by atoms with Gasteiger partial charge in [0.05, 0.1) is 24.2 Å². The number of carbonyl (C=O) groups is 7. The lowest BCUT2D eigenvalue weighted by atomic mass is 9.85. The molecule has 17 nitrogen and oxygen atoms in total. The molecule has 0 aromatic heterocycles. The van der Waals surface area contributed by atoms with E-state index in [1.54, 1.807) is 69.2 Å². The fraction of sp³-hybridized carbons (Fsp3) is 0.468. The number of benzene rings is 4. The fourth-order valence-corrected chi connectivity index (χ4v) is 11.1. The standard InChI is InChI=1S/C62H79N9O8/c1-38(63-6)55(72)68-51(60(77)70-33-13-12-24-52(70)58(75)66-49-22-14-18-42-16-8-10-20-47(42)49)34-40-27-31-46(32-28-40)79-37-41-25-29-44(30-26-41)57(74)65-45-35-53(59(76)67-50-23-15-19-43-17-9-11-21-48(43)50)71(36-45)61(78)54(62(3,4)5)69-56(73)39(2)64-7/h8-13,16-17,20-21,25-32,38-39,45,49-54,63-64H,14-15,18-19,22-24,33-37H2,1-7H3,(H,65,74)(H,66,75)(H,67,76)(H,68,72)(H,69,73)/t38?,39?,45-,49+,50+,51?,52?,53-,54?/m0/s1. The van der Waals surface area contributed by atoms with Gasteiger partial charge >= 0.3 is 0 Å². The number of hydrogen-bond donors (Lipinski definition) is 7. The highest BCUT2D eigenvalue weighted by atomic mass is 16.5. The average Bonchev–Trinajstić information content (AvgIpc) is 4.06. The van der Waals surface area contributed by atoms with Gasteiger partial charge in [-0.3, -0.25) is 33.6 Å². The summed E-state index contributed by atoms with van der Waals surface area (Å²) in [5.41, 5.74) is 5.87. The van der Waals surface area contributed by atoms with Gasteiger partial charge in [-0.25, -0.2) is 0 Å². The first-order valence-electron chi connectivity index (χ1n) is 28.0. The molecule has 9 atom stereocenters. The molecule has 1 fully saturated rings. The van der Waals surface area contributed by atoms with E-state index in [2.05, 4.69) is 55.4 Å². The predicted octanol–water partition coefficient (Wildman–Crippen LogP) is 5.28. The third kappa shape index (κ3) is 14.3. The molecule has 0 saturated carbocycles. The summed E-state index contributed by atoms with van der Waals surface area (Å²) in [5.74, 6) is -1.73. The SMILES string of the molecule is CNC(C)C(=O)NC(Cc1ccc(OCc2ccc(C(=O)N[C@H]3C[C@@H](C(=O)N[C@@H]4CCCc5ccccc54)N(C(=O)C(NC(=O)C(C)NC)C(C)(C)C)C3)cc2)cc1)C(=O)N1CC=CCC1C(=O)N[C@@H]1CCCc2ccccc21. The van der Waals surface area contributed by atoms with E-state index in [1.807, 2.05) is 75.4 Å². The van der Waals surface area contributed by atoms with Gasteiger partial charge in [-0.1, -0.05) is 106 Å². The van der Waals surface area contributed by atoms with Crippen LogP contribution in [0.3, 0.4) is 0 Å². The van der Waals surface area contributed by atoms with Crippen LogP contribution in [-0.2, 0) is 54.6 Å². The smallest absolute Gasteiger partial charge is 0.251 e. The number of nitrogens with one attached hydrogen (secondary N) is 7. The summed E-state index contributed by atoms with van der Waals surface area (Å²) in [7, 11) is 3.35. The number of likely N-dealkylation sites (tertiary alicyclic amines) is 1. The fourth-order valence-electron chi connectivity index (χ4n) is 11.1. The lowest BCUT2D eigenvalue weighted by Crippen LogP contribution is -2.59. The van der Waals surface area contributed by atoms with Crippen LogP contribution in [0.25, 0.3) is 0 Å². The quantitative estimate of drug-likeness (QED) is 0.0603. The van der Waals surface area contributed by atoms with Crippen LogP contribution in [0.4, 0.5) is 0 Å². The zero-order valence-electron chi connectivity index (χ0n) is 46.7. The topological polar surface area (TPSA) is 219 Å². The van der Waals surface area contributed by atoms with Gasteiger partial charge in [-0.2, -0.15) is 0 Å². The van der Waals surface area contributed by atoms with Crippen LogP contribution in [0, 0.1) is 5.41 Å². The molecule has 2 aliphatic carbocycles. The second-order valence-corrected chi connectivity index (χ2v) is 22.7. The molecule has 4 aliphatic rings. The monoisotopic (exact) mass is 1080 g/mol. The van der Waals surface area contributed by atoms with Gasteiger partial charge in [0.1, 0.15) is 36.5 Å². The lowest BCUT2D eigenvalue weighted by molar-refractivity contribution is -0.144. The predicted molar refractivity (Wildman–Crippen MR) is 302 cm³/mol. The number of ether oxygens (including phenoxy) is 1. The minimum atomic E-state index is -0.948. The zero-order chi connectivity index (χ0) is 56.4. The first-order valence-corrected chi connectivity index (χ1v) is 28.0. The molecule has 0 radical (unpaired) electrons. The van der Waals surface area contributed by atoms with Crippen LogP contribution in [0.2, 0.25) is 0 Å². The molecule has 2 heterocycles. The van der Waals surface area contributed by atoms with Crippen molar-refractivity contribution in [1.29, 1.82) is 0 Å². The van der Waals surface area contributed by atoms with Gasteiger partial charge in [0, 0.05) is 31.1 Å². The molecule has 7 N–H and O–H groups in total. The second-order valence-electron chi connectivity index (χ2n) is 22.7. The van der Waals surface area contributed by atoms with E-state index >= 15 is 0 Å². The summed E-state index contributed by atoms with van der Waals surface area (Å²) in [6.45, 7) is 9.55. The Kier molecular flexibility index (Phi) is 19.1. The Labute approximate surface area is 464 Å². The highest BCUT2D eigenvalue weighted by Gasteiger charge is 2.46. The number of rotatable bonds is 19. The molecule has 8 rings (SSSR count). The van der Waals surface area contributed by atoms with Crippen LogP contribution in [-0.4, -0.2) is 121 Å². The van der Waals surface area contributed by atoms with Crippen molar-refractivity contribution in [3.63, 3.8) is 0 Å². The van der Waals surface area contributed by atoms with E-state index in [1.165, 1.54) is 16.0 Å². The molecule has 0 spiro atoms. The summed E-state index contributed by atoms with van der Waals surface area (Å²) < 4.78 is 6.16. The van der Waals surface area contributed by atoms with E-state index in [4.69, 9.17) is 4.74 Å². The van der Waals surface area contributed by atoms with Crippen molar-refractivity contribution in [1.82, 2.24) is 47.0 Å². The van der Waals surface area contributed by atoms with Crippen molar-refractivity contribution in [3.05, 3.63) is 148 Å². The number of fused-ring (bicyclic) bond motifs is 2. The third-order valence-corrected chi connectivity index (χ3v) is 16.0. The molecule has 4 aromatic rings. The summed E-state index contributed by atoms with van der Waals surface area (Å²) in [4.78, 5) is 101. The number of nitrogens with zero attached hydrogens (tertiary/aromatic N) is 2. The first kappa shape index (κ1) is 57.8. The molecule has 4 aromatic carbocycles. The van der Waals surface area contributed by atoms with Crippen LogP contribution in [0.15, 0.2) is 109 Å². The molecule has 1 saturated heterocycles. The largest absolute Gasteiger partial charge is 0.489 e. The lowest BCUT2D eigenvalue weighted by Gasteiger charge is -2.36. The summed E-state index contributed by atoms with van der Waals surface area (Å²) in [6, 6.07) is 25.0. The molecule has 0 bridgehead atoms. The average molecular weight is 1080 g/mol. The maximum absolute atomic E-state index is 14.6. The highest BCUT2D eigenvalue weighted by Crippen LogP contribution is 2.33. The van der Waals surface area contributed by atoms with Gasteiger partial charge in [0.25, 0.3) is 5.91 Å². The van der Waals surface area contributed by atoms with Crippen LogP contribution in [0.5, 0.6) is 5.75 Å². The van der Waals surface area contributed by atoms with Crippen LogP contribution in [0.1, 0.15) is 129 Å². The maximum atomic E-state index is 14.6. The normalized spacial score (nSPS) is 21.2. The van der Waals surface area contributed by atoms with Crippen molar-refractivity contribution >= 4 is 41.4 Å². The Morgan fingerprint density at radius 1 is 0.633 bits per heavy atom. The highest BCUT2D eigenvalue weighted by molar-refractivity contribution is 5.97. The van der Waals surface area contributed by atoms with E-state index in [-0.39, 0.29) is 80.1 Å². The number of aryl methyl sites for hydroxylation is 2. The maximum Gasteiger partial charge on any atom is 0.251 e. The molecule has 17 heteroatoms. The van der Waals surface area contributed by atoms with Crippen molar-refractivity contribution in [2.75, 3.05) is 27.2 Å². The third-order valence-electron chi connectivity index (χ3n) is 16.0. The molecule has 420 valence electrons. The number of likely N-dealkylation sites (N-methyl/N-ethyl adjacent to an activating group) is 2. The Morgan fingerprint density at radius 2 is 1.19 bits per heavy atom. The van der Waals surface area contributed by atoms with Crippen molar-refractivity contribution < 1.29 is 38.3 Å². The van der Waals surface area contributed by atoms with E-state index < -0.39 is 53.6 Å². The Balaban J connectivity index is 0.893. The van der Waals surface area contributed by atoms with E-state index in [0.29, 0.717) is 17.7 Å². The van der Waals surface area contributed by atoms with Gasteiger partial charge in [-0.05, 0) is 142 Å². The summed E-state index contributed by atoms with van der Waals surface area (Å²) >= 11 is 0. The van der Waals surface area contributed by atoms with E-state index in [0.717, 1.165) is 60.8 Å². The number of carbonyl (C=O) groups excluding carboxylic acids is 7. The summed E-state index contributed by atoms with van der Waals surface area (Å²) in [6.07, 6.45) is 9.89. The molecular weight excluding hydrogens is 999 g/mol. The summed E-state index contributed by atoms with van der Waals surface area (Å²) in [5, 5.41) is 21.3. The second kappa shape index (κ2) is 26.1. The van der Waals surface area contributed by atoms with Gasteiger partial charge in [0.2, 0.25) is 35.4 Å². The minimum Gasteiger partial charge on any atom is -0.489 e. The molecule has 79 heavy (non-hydrogen) atoms. The molecule has 7 amide bonds. The van der Waals surface area contributed by atoms with Crippen LogP contribution >= 0.6 is 0 Å². The van der Waals surface area contributed by atoms with Crippen LogP contribution < -0.4 is 42.0 Å². The van der Waals surface area contributed by atoms with Gasteiger partial charge in [0.15, 0.2) is 0 Å². The molecular formula is C62H79N9O8. The molecule has 2 aliphatic heterocycles. The molecule has 5 unspecified atom stereocenters. The minimum absolute atomic E-state index is 0.0749. The van der Waals surface area contributed by atoms with Crippen molar-refractivity contribution in [3.8, 4) is 5.75 Å². The van der Waals surface area contributed by atoms with Crippen molar-refractivity contribution in [2.45, 2.75) is 153 Å². The van der Waals surface area contributed by atoms with Crippen molar-refractivity contribution in [2.24, 2.45) is 5.41 Å². The van der Waals surface area contributed by atoms with Gasteiger partial charge < -0.3 is 51.8 Å². The van der Waals surface area contributed by atoms with Gasteiger partial charge in [-0.15, -0.1) is 0 Å². The van der Waals surface area contributed by atoms with E-state index in [9.17, 15) is 33.6 Å². The number of amides is 7.